The predicted octanol–water partition coefficient (Wildman–Crippen LogP) is 3.49. The van der Waals surface area contributed by atoms with Crippen molar-refractivity contribution in [2.24, 2.45) is 0 Å². The van der Waals surface area contributed by atoms with E-state index in [1.54, 1.807) is 10.8 Å². The molecule has 0 amide bonds. The van der Waals surface area contributed by atoms with Crippen LogP contribution in [0, 0.1) is 6.92 Å². The summed E-state index contributed by atoms with van der Waals surface area (Å²) in [5, 5.41) is 1.00. The first-order valence-corrected chi connectivity index (χ1v) is 5.16. The molecule has 17 heavy (non-hydrogen) atoms. The fraction of sp³-hybridized carbons (Fsp3) is 0.333. The van der Waals surface area contributed by atoms with Gasteiger partial charge in [-0.1, -0.05) is 11.6 Å². The number of hydrogen-bond donors (Lipinski definition) is 0. The monoisotopic (exact) mass is 243 g/mol. The average molecular weight is 243 g/mol. The van der Waals surface area contributed by atoms with Crippen LogP contribution in [0.2, 0.25) is 0 Å². The van der Waals surface area contributed by atoms with Crippen molar-refractivity contribution >= 4 is 10.9 Å². The Labute approximate surface area is 96.6 Å². The molecule has 2 aromatic rings. The van der Waals surface area contributed by atoms with Crippen molar-refractivity contribution < 1.29 is 17.9 Å². The Morgan fingerprint density at radius 2 is 2.00 bits per heavy atom. The molecule has 0 N–H and O–H groups in total. The van der Waals surface area contributed by atoms with Gasteiger partial charge in [-0.2, -0.15) is 13.2 Å². The maximum Gasteiger partial charge on any atom is 0.411 e. The normalized spacial score (nSPS) is 12.2. The number of ether oxygens (including phenoxy) is 1. The first kappa shape index (κ1) is 12.0. The van der Waals surface area contributed by atoms with Crippen molar-refractivity contribution in [2.45, 2.75) is 19.8 Å². The lowest BCUT2D eigenvalue weighted by molar-refractivity contribution is -0.181. The SMILES string of the molecule is Cc1ccc2c(ccn2COCC(F)(F)F)c1. The largest absolute Gasteiger partial charge is 0.411 e. The molecule has 0 saturated carbocycles. The molecule has 0 aliphatic rings. The Bertz CT molecular complexity index is 516. The number of nitrogens with zero attached hydrogens (tertiary/aromatic N) is 1. The van der Waals surface area contributed by atoms with Gasteiger partial charge in [0.1, 0.15) is 13.3 Å². The molecule has 92 valence electrons. The predicted molar refractivity (Wildman–Crippen MR) is 58.7 cm³/mol. The van der Waals surface area contributed by atoms with E-state index in [1.807, 2.05) is 31.2 Å². The standard InChI is InChI=1S/C12H12F3NO/c1-9-2-3-11-10(6-9)4-5-16(11)8-17-7-12(13,14)15/h2-6H,7-8H2,1H3. The van der Waals surface area contributed by atoms with Gasteiger partial charge in [0.25, 0.3) is 0 Å². The Kier molecular flexibility index (Phi) is 3.11. The average Bonchev–Trinajstić information content (AvgIpc) is 2.59. The number of halogens is 3. The van der Waals surface area contributed by atoms with E-state index in [0.29, 0.717) is 0 Å². The Balaban J connectivity index is 2.09. The smallest absolute Gasteiger partial charge is 0.351 e. The molecule has 2 rings (SSSR count). The highest BCUT2D eigenvalue weighted by Crippen LogP contribution is 2.19. The molecule has 0 radical (unpaired) electrons. The molecule has 0 bridgehead atoms. The third-order valence-electron chi connectivity index (χ3n) is 2.42. The molecule has 2 nitrogen and oxygen atoms in total. The van der Waals surface area contributed by atoms with Crippen LogP contribution in [0.3, 0.4) is 0 Å². The van der Waals surface area contributed by atoms with E-state index in [1.165, 1.54) is 0 Å². The van der Waals surface area contributed by atoms with E-state index in [0.717, 1.165) is 16.5 Å². The van der Waals surface area contributed by atoms with Crippen LogP contribution < -0.4 is 0 Å². The summed E-state index contributed by atoms with van der Waals surface area (Å²) in [6.07, 6.45) is -2.56. The van der Waals surface area contributed by atoms with E-state index in [4.69, 9.17) is 0 Å². The van der Waals surface area contributed by atoms with Crippen LogP contribution in [0.1, 0.15) is 5.56 Å². The number of hydrogen-bond acceptors (Lipinski definition) is 1. The zero-order valence-electron chi connectivity index (χ0n) is 9.29. The zero-order chi connectivity index (χ0) is 12.5. The summed E-state index contributed by atoms with van der Waals surface area (Å²) in [6.45, 7) is 0.654. The number of rotatable bonds is 3. The van der Waals surface area contributed by atoms with Crippen molar-refractivity contribution in [1.82, 2.24) is 4.57 Å². The number of alkyl halides is 3. The van der Waals surface area contributed by atoms with E-state index in [9.17, 15) is 13.2 Å². The molecule has 1 heterocycles. The maximum atomic E-state index is 11.9. The molecule has 0 aliphatic carbocycles. The summed E-state index contributed by atoms with van der Waals surface area (Å²) in [4.78, 5) is 0. The van der Waals surface area contributed by atoms with Crippen molar-refractivity contribution in [1.29, 1.82) is 0 Å². The fourth-order valence-corrected chi connectivity index (χ4v) is 1.69. The molecule has 0 spiro atoms. The van der Waals surface area contributed by atoms with Crippen molar-refractivity contribution in [2.75, 3.05) is 6.61 Å². The summed E-state index contributed by atoms with van der Waals surface area (Å²) in [7, 11) is 0. The molecule has 1 aromatic carbocycles. The minimum Gasteiger partial charge on any atom is -0.351 e. The third kappa shape index (κ3) is 3.00. The molecule has 0 atom stereocenters. The van der Waals surface area contributed by atoms with Crippen LogP contribution in [0.4, 0.5) is 13.2 Å². The van der Waals surface area contributed by atoms with Crippen LogP contribution in [0.25, 0.3) is 10.9 Å². The van der Waals surface area contributed by atoms with Crippen LogP contribution in [0.5, 0.6) is 0 Å². The summed E-state index contributed by atoms with van der Waals surface area (Å²) in [6, 6.07) is 7.64. The van der Waals surface area contributed by atoms with E-state index >= 15 is 0 Å². The maximum absolute atomic E-state index is 11.9. The topological polar surface area (TPSA) is 14.2 Å². The lowest BCUT2D eigenvalue weighted by Crippen LogP contribution is -2.18. The molecular formula is C12H12F3NO. The minimum absolute atomic E-state index is 0.0912. The Hall–Kier alpha value is -1.49. The van der Waals surface area contributed by atoms with Gasteiger partial charge >= 0.3 is 6.18 Å². The summed E-state index contributed by atoms with van der Waals surface area (Å²) in [5.41, 5.74) is 1.99. The zero-order valence-corrected chi connectivity index (χ0v) is 9.29. The number of fused-ring (bicyclic) bond motifs is 1. The fourth-order valence-electron chi connectivity index (χ4n) is 1.69. The van der Waals surface area contributed by atoms with Crippen LogP contribution in [0.15, 0.2) is 30.5 Å². The van der Waals surface area contributed by atoms with E-state index < -0.39 is 12.8 Å². The molecule has 0 unspecified atom stereocenters. The van der Waals surface area contributed by atoms with Gasteiger partial charge in [-0.05, 0) is 30.5 Å². The summed E-state index contributed by atoms with van der Waals surface area (Å²) in [5.74, 6) is 0. The highest BCUT2D eigenvalue weighted by atomic mass is 19.4. The minimum atomic E-state index is -4.28. The van der Waals surface area contributed by atoms with E-state index in [2.05, 4.69) is 4.74 Å². The van der Waals surface area contributed by atoms with Gasteiger partial charge in [0, 0.05) is 11.7 Å². The van der Waals surface area contributed by atoms with Crippen LogP contribution >= 0.6 is 0 Å². The second-order valence-corrected chi connectivity index (χ2v) is 3.94. The van der Waals surface area contributed by atoms with Gasteiger partial charge in [-0.3, -0.25) is 0 Å². The van der Waals surface area contributed by atoms with Gasteiger partial charge in [0.15, 0.2) is 0 Å². The quantitative estimate of drug-likeness (QED) is 0.804. The van der Waals surface area contributed by atoms with Crippen molar-refractivity contribution in [3.8, 4) is 0 Å². The van der Waals surface area contributed by atoms with Crippen LogP contribution in [-0.4, -0.2) is 17.4 Å². The highest BCUT2D eigenvalue weighted by Gasteiger charge is 2.27. The van der Waals surface area contributed by atoms with Gasteiger partial charge in [0.2, 0.25) is 0 Å². The van der Waals surface area contributed by atoms with Gasteiger partial charge in [0.05, 0.1) is 0 Å². The molecule has 0 fully saturated rings. The molecule has 0 aliphatic heterocycles. The molecule has 5 heteroatoms. The highest BCUT2D eigenvalue weighted by molar-refractivity contribution is 5.80. The van der Waals surface area contributed by atoms with E-state index in [-0.39, 0.29) is 6.73 Å². The molecule has 0 saturated heterocycles. The lowest BCUT2D eigenvalue weighted by Gasteiger charge is -2.09. The molecule has 1 aromatic heterocycles. The number of aromatic nitrogens is 1. The Morgan fingerprint density at radius 1 is 1.24 bits per heavy atom. The second kappa shape index (κ2) is 4.41. The van der Waals surface area contributed by atoms with Gasteiger partial charge in [-0.15, -0.1) is 0 Å². The van der Waals surface area contributed by atoms with Gasteiger partial charge in [-0.25, -0.2) is 0 Å². The number of benzene rings is 1. The first-order chi connectivity index (χ1) is 7.96. The summed E-state index contributed by atoms with van der Waals surface area (Å²) >= 11 is 0. The third-order valence-corrected chi connectivity index (χ3v) is 2.42. The van der Waals surface area contributed by atoms with Crippen molar-refractivity contribution in [3.63, 3.8) is 0 Å². The van der Waals surface area contributed by atoms with Gasteiger partial charge < -0.3 is 9.30 Å². The molecular weight excluding hydrogens is 231 g/mol. The van der Waals surface area contributed by atoms with Crippen molar-refractivity contribution in [3.05, 3.63) is 36.0 Å². The first-order valence-electron chi connectivity index (χ1n) is 5.16. The lowest BCUT2D eigenvalue weighted by atomic mass is 10.2. The Morgan fingerprint density at radius 3 is 2.71 bits per heavy atom. The second-order valence-electron chi connectivity index (χ2n) is 3.94. The van der Waals surface area contributed by atoms with Crippen LogP contribution in [-0.2, 0) is 11.5 Å². The summed E-state index contributed by atoms with van der Waals surface area (Å²) < 4.78 is 42.0. The number of aryl methyl sites for hydroxylation is 1.